The van der Waals surface area contributed by atoms with Crippen LogP contribution in [0.25, 0.3) is 11.1 Å². The van der Waals surface area contributed by atoms with Gasteiger partial charge in [-0.25, -0.2) is 8.78 Å². The minimum atomic E-state index is -0.836. The Bertz CT molecular complexity index is 611. The molecule has 0 aliphatic carbocycles. The molecule has 0 spiro atoms. The fraction of sp³-hybridized carbons (Fsp3) is 0.200. The third kappa shape index (κ3) is 2.77. The molecule has 0 atom stereocenters. The molecule has 0 radical (unpaired) electrons. The molecule has 0 fully saturated rings. The van der Waals surface area contributed by atoms with Gasteiger partial charge < -0.3 is 5.32 Å². The molecule has 0 bridgehead atoms. The first-order valence-electron chi connectivity index (χ1n) is 5.92. The molecule has 2 aromatic carbocycles. The van der Waals surface area contributed by atoms with Gasteiger partial charge in [0.2, 0.25) is 0 Å². The molecule has 0 heterocycles. The number of benzene rings is 2. The van der Waals surface area contributed by atoms with Crippen LogP contribution in [0.15, 0.2) is 30.3 Å². The van der Waals surface area contributed by atoms with Gasteiger partial charge in [0.15, 0.2) is 11.6 Å². The Morgan fingerprint density at radius 3 is 2.47 bits per heavy atom. The summed E-state index contributed by atoms with van der Waals surface area (Å²) in [6, 6.07) is 8.33. The van der Waals surface area contributed by atoms with Gasteiger partial charge in [-0.1, -0.05) is 35.9 Å². The number of nitrogens with one attached hydrogen (secondary N) is 1. The van der Waals surface area contributed by atoms with E-state index < -0.39 is 11.6 Å². The molecule has 1 nitrogen and oxygen atoms in total. The molecule has 4 heteroatoms. The first kappa shape index (κ1) is 14.0. The molecule has 1 N–H and O–H groups in total. The van der Waals surface area contributed by atoms with Crippen molar-refractivity contribution < 1.29 is 8.78 Å². The van der Waals surface area contributed by atoms with Crippen LogP contribution in [0.1, 0.15) is 11.1 Å². The van der Waals surface area contributed by atoms with Gasteiger partial charge >= 0.3 is 0 Å². The standard InChI is InChI=1S/C15H14ClF2N/c1-9-3-6-12(15(18)14(9)17)10-4-5-11(8-19-2)13(16)7-10/h3-7,19H,8H2,1-2H3. The van der Waals surface area contributed by atoms with Crippen LogP contribution in [0.2, 0.25) is 5.02 Å². The second-order valence-electron chi connectivity index (χ2n) is 4.39. The van der Waals surface area contributed by atoms with Crippen LogP contribution in [0.3, 0.4) is 0 Å². The molecule has 2 aromatic rings. The molecule has 0 aliphatic rings. The van der Waals surface area contributed by atoms with Crippen LogP contribution in [0, 0.1) is 18.6 Å². The minimum Gasteiger partial charge on any atom is -0.316 e. The molecule has 0 aromatic heterocycles. The van der Waals surface area contributed by atoms with Gasteiger partial charge in [-0.05, 0) is 36.7 Å². The van der Waals surface area contributed by atoms with Gasteiger partial charge in [0.1, 0.15) is 0 Å². The summed E-state index contributed by atoms with van der Waals surface area (Å²) in [6.45, 7) is 2.16. The Morgan fingerprint density at radius 2 is 1.84 bits per heavy atom. The number of halogens is 3. The lowest BCUT2D eigenvalue weighted by molar-refractivity contribution is 0.505. The van der Waals surface area contributed by atoms with Crippen LogP contribution in [-0.4, -0.2) is 7.05 Å². The number of hydrogen-bond acceptors (Lipinski definition) is 1. The topological polar surface area (TPSA) is 12.0 Å². The summed E-state index contributed by atoms with van der Waals surface area (Å²) in [7, 11) is 1.82. The first-order valence-corrected chi connectivity index (χ1v) is 6.30. The molecule has 100 valence electrons. The molecule has 0 saturated carbocycles. The summed E-state index contributed by atoms with van der Waals surface area (Å²) in [5.41, 5.74) is 2.00. The predicted octanol–water partition coefficient (Wildman–Crippen LogP) is 4.31. The van der Waals surface area contributed by atoms with E-state index in [0.29, 0.717) is 22.7 Å². The van der Waals surface area contributed by atoms with Crippen LogP contribution >= 0.6 is 11.6 Å². The van der Waals surface area contributed by atoms with Crippen molar-refractivity contribution in [1.82, 2.24) is 5.32 Å². The maximum absolute atomic E-state index is 13.9. The van der Waals surface area contributed by atoms with E-state index in [1.165, 1.54) is 6.92 Å². The average molecular weight is 282 g/mol. The van der Waals surface area contributed by atoms with Crippen molar-refractivity contribution in [2.45, 2.75) is 13.5 Å². The summed E-state index contributed by atoms with van der Waals surface area (Å²) in [5, 5.41) is 3.53. The van der Waals surface area contributed by atoms with Crippen molar-refractivity contribution in [3.8, 4) is 11.1 Å². The third-order valence-electron chi connectivity index (χ3n) is 3.01. The SMILES string of the molecule is CNCc1ccc(-c2ccc(C)c(F)c2F)cc1Cl. The van der Waals surface area contributed by atoms with Crippen molar-refractivity contribution in [3.05, 3.63) is 58.1 Å². The van der Waals surface area contributed by atoms with Crippen molar-refractivity contribution in [1.29, 1.82) is 0 Å². The largest absolute Gasteiger partial charge is 0.316 e. The second kappa shape index (κ2) is 5.68. The lowest BCUT2D eigenvalue weighted by atomic mass is 10.0. The van der Waals surface area contributed by atoms with Crippen molar-refractivity contribution in [2.24, 2.45) is 0 Å². The molecule has 2 rings (SSSR count). The van der Waals surface area contributed by atoms with E-state index in [4.69, 9.17) is 11.6 Å². The lowest BCUT2D eigenvalue weighted by Gasteiger charge is -2.09. The van der Waals surface area contributed by atoms with E-state index in [9.17, 15) is 8.78 Å². The maximum atomic E-state index is 13.9. The normalized spacial score (nSPS) is 10.8. The van der Waals surface area contributed by atoms with Gasteiger partial charge in [0.05, 0.1) is 0 Å². The Hall–Kier alpha value is -1.45. The van der Waals surface area contributed by atoms with E-state index in [1.54, 1.807) is 24.3 Å². The molecule has 0 amide bonds. The minimum absolute atomic E-state index is 0.223. The third-order valence-corrected chi connectivity index (χ3v) is 3.36. The van der Waals surface area contributed by atoms with Crippen molar-refractivity contribution in [3.63, 3.8) is 0 Å². The smallest absolute Gasteiger partial charge is 0.166 e. The highest BCUT2D eigenvalue weighted by atomic mass is 35.5. The van der Waals surface area contributed by atoms with Gasteiger partial charge in [0.25, 0.3) is 0 Å². The van der Waals surface area contributed by atoms with E-state index in [1.807, 2.05) is 13.1 Å². The second-order valence-corrected chi connectivity index (χ2v) is 4.80. The van der Waals surface area contributed by atoms with E-state index in [0.717, 1.165) is 5.56 Å². The molecule has 0 aliphatic heterocycles. The predicted molar refractivity (Wildman–Crippen MR) is 74.3 cm³/mol. The molecular formula is C15H14ClF2N. The highest BCUT2D eigenvalue weighted by Gasteiger charge is 2.13. The zero-order valence-corrected chi connectivity index (χ0v) is 11.5. The van der Waals surface area contributed by atoms with Crippen LogP contribution in [-0.2, 0) is 6.54 Å². The Balaban J connectivity index is 2.48. The van der Waals surface area contributed by atoms with Crippen LogP contribution in [0.5, 0.6) is 0 Å². The summed E-state index contributed by atoms with van der Waals surface area (Å²) >= 11 is 6.13. The van der Waals surface area contributed by atoms with E-state index in [2.05, 4.69) is 5.32 Å². The van der Waals surface area contributed by atoms with Gasteiger partial charge in [-0.2, -0.15) is 0 Å². The Morgan fingerprint density at radius 1 is 1.11 bits per heavy atom. The summed E-state index contributed by atoms with van der Waals surface area (Å²) in [5.74, 6) is -1.65. The Kier molecular flexibility index (Phi) is 4.17. The van der Waals surface area contributed by atoms with Crippen LogP contribution in [0.4, 0.5) is 8.78 Å². The molecule has 0 saturated heterocycles. The average Bonchev–Trinajstić information content (AvgIpc) is 2.39. The summed E-state index contributed by atoms with van der Waals surface area (Å²) in [4.78, 5) is 0. The Labute approximate surface area is 116 Å². The summed E-state index contributed by atoms with van der Waals surface area (Å²) < 4.78 is 27.5. The lowest BCUT2D eigenvalue weighted by Crippen LogP contribution is -2.05. The first-order chi connectivity index (χ1) is 9.04. The number of rotatable bonds is 3. The molecular weight excluding hydrogens is 268 g/mol. The number of hydrogen-bond donors (Lipinski definition) is 1. The number of aryl methyl sites for hydroxylation is 1. The van der Waals surface area contributed by atoms with E-state index >= 15 is 0 Å². The van der Waals surface area contributed by atoms with Crippen molar-refractivity contribution in [2.75, 3.05) is 7.05 Å². The summed E-state index contributed by atoms with van der Waals surface area (Å²) in [6.07, 6.45) is 0. The van der Waals surface area contributed by atoms with Crippen LogP contribution < -0.4 is 5.32 Å². The van der Waals surface area contributed by atoms with Gasteiger partial charge in [-0.15, -0.1) is 0 Å². The quantitative estimate of drug-likeness (QED) is 0.884. The fourth-order valence-electron chi connectivity index (χ4n) is 1.92. The maximum Gasteiger partial charge on any atom is 0.166 e. The monoisotopic (exact) mass is 281 g/mol. The van der Waals surface area contributed by atoms with Crippen molar-refractivity contribution >= 4 is 11.6 Å². The molecule has 0 unspecified atom stereocenters. The van der Waals surface area contributed by atoms with Gasteiger partial charge in [-0.3, -0.25) is 0 Å². The zero-order valence-electron chi connectivity index (χ0n) is 10.7. The highest BCUT2D eigenvalue weighted by molar-refractivity contribution is 6.31. The van der Waals surface area contributed by atoms with Gasteiger partial charge in [0, 0.05) is 17.1 Å². The molecule has 19 heavy (non-hydrogen) atoms. The zero-order chi connectivity index (χ0) is 14.0. The van der Waals surface area contributed by atoms with E-state index in [-0.39, 0.29) is 5.56 Å². The highest BCUT2D eigenvalue weighted by Crippen LogP contribution is 2.29. The fourth-order valence-corrected chi connectivity index (χ4v) is 2.16.